The third kappa shape index (κ3) is 3.48. The van der Waals surface area contributed by atoms with Crippen molar-refractivity contribution in [2.75, 3.05) is 10.2 Å². The highest BCUT2D eigenvalue weighted by atomic mass is 79.9. The first kappa shape index (κ1) is 23.7. The van der Waals surface area contributed by atoms with Gasteiger partial charge in [0.2, 0.25) is 0 Å². The van der Waals surface area contributed by atoms with Crippen molar-refractivity contribution in [1.82, 2.24) is 0 Å². The first-order valence-corrected chi connectivity index (χ1v) is 12.1. The summed E-state index contributed by atoms with van der Waals surface area (Å²) in [6.45, 7) is 7.63. The number of rotatable bonds is 4. The van der Waals surface area contributed by atoms with E-state index in [0.29, 0.717) is 27.7 Å². The van der Waals surface area contributed by atoms with E-state index in [1.54, 1.807) is 30.3 Å². The van der Waals surface area contributed by atoms with Gasteiger partial charge in [-0.2, -0.15) is 0 Å². The number of nitro benzene ring substituents is 1. The summed E-state index contributed by atoms with van der Waals surface area (Å²) in [6, 6.07) is 15.4. The lowest BCUT2D eigenvalue weighted by Gasteiger charge is -2.29. The molecule has 0 radical (unpaired) electrons. The van der Waals surface area contributed by atoms with Gasteiger partial charge in [0.1, 0.15) is 5.69 Å². The molecule has 1 heterocycles. The number of carbonyl (C=O) groups excluding carboxylic acids is 2. The molecule has 0 fully saturated rings. The monoisotopic (exact) mass is 543 g/mol. The second-order valence-electron chi connectivity index (χ2n) is 8.94. The number of halogens is 1. The van der Waals surface area contributed by atoms with Gasteiger partial charge < -0.3 is 5.32 Å². The van der Waals surface area contributed by atoms with E-state index < -0.39 is 16.7 Å². The van der Waals surface area contributed by atoms with E-state index >= 15 is 0 Å². The van der Waals surface area contributed by atoms with Crippen LogP contribution in [0.4, 0.5) is 22.7 Å². The van der Waals surface area contributed by atoms with E-state index in [9.17, 15) is 19.7 Å². The summed E-state index contributed by atoms with van der Waals surface area (Å²) in [7, 11) is 0. The van der Waals surface area contributed by atoms with Crippen LogP contribution in [-0.4, -0.2) is 16.7 Å². The maximum absolute atomic E-state index is 13.7. The highest BCUT2D eigenvalue weighted by Gasteiger charge is 2.37. The lowest BCUT2D eigenvalue weighted by atomic mass is 9.91. The first-order chi connectivity index (χ1) is 17.1. The smallest absolute Gasteiger partial charge is 0.294 e. The molecule has 5 rings (SSSR count). The van der Waals surface area contributed by atoms with Crippen LogP contribution in [0.2, 0.25) is 0 Å². The van der Waals surface area contributed by atoms with Crippen molar-refractivity contribution >= 4 is 61.3 Å². The topological polar surface area (TPSA) is 92.6 Å². The normalized spacial score (nSPS) is 12.9. The van der Waals surface area contributed by atoms with Gasteiger partial charge in [0.25, 0.3) is 17.5 Å². The zero-order valence-corrected chi connectivity index (χ0v) is 21.7. The molecule has 4 aromatic rings. The van der Waals surface area contributed by atoms with Gasteiger partial charge in [-0.25, -0.2) is 4.90 Å². The van der Waals surface area contributed by atoms with Crippen LogP contribution in [0.5, 0.6) is 0 Å². The fraction of sp³-hybridized carbons (Fsp3) is 0.143. The average molecular weight is 544 g/mol. The van der Waals surface area contributed by atoms with Crippen molar-refractivity contribution in [2.45, 2.75) is 27.7 Å². The Kier molecular flexibility index (Phi) is 5.64. The van der Waals surface area contributed by atoms with Gasteiger partial charge in [0, 0.05) is 32.6 Å². The molecule has 0 atom stereocenters. The van der Waals surface area contributed by atoms with Crippen molar-refractivity contribution in [2.24, 2.45) is 0 Å². The van der Waals surface area contributed by atoms with Crippen LogP contribution >= 0.6 is 15.9 Å². The van der Waals surface area contributed by atoms with E-state index in [0.717, 1.165) is 31.6 Å². The lowest BCUT2D eigenvalue weighted by Crippen LogP contribution is -2.41. The molecule has 0 aliphatic carbocycles. The second kappa shape index (κ2) is 8.57. The standard InChI is InChI=1S/C28H22BrN3O4/c1-14-7-5-10-23(15(14)2)31-27(33)19-9-6-8-18-25(19)20(28(31)34)13-24(32(35)36)26(18)30-22-12-11-21(29)16(3)17(22)4/h5-13,30H,1-4H3. The number of nitro groups is 1. The van der Waals surface area contributed by atoms with Gasteiger partial charge in [-0.3, -0.25) is 19.7 Å². The quantitative estimate of drug-likeness (QED) is 0.166. The Hall–Kier alpha value is -4.04. The van der Waals surface area contributed by atoms with Gasteiger partial charge in [-0.1, -0.05) is 40.2 Å². The Morgan fingerprint density at radius 2 is 1.56 bits per heavy atom. The van der Waals surface area contributed by atoms with E-state index in [1.165, 1.54) is 6.07 Å². The summed E-state index contributed by atoms with van der Waals surface area (Å²) in [5.74, 6) is -1.04. The van der Waals surface area contributed by atoms with Crippen molar-refractivity contribution < 1.29 is 14.5 Å². The highest BCUT2D eigenvalue weighted by molar-refractivity contribution is 9.10. The fourth-order valence-electron chi connectivity index (χ4n) is 4.68. The first-order valence-electron chi connectivity index (χ1n) is 11.3. The Balaban J connectivity index is 1.77. The molecule has 0 unspecified atom stereocenters. The van der Waals surface area contributed by atoms with Gasteiger partial charge >= 0.3 is 0 Å². The van der Waals surface area contributed by atoms with Crippen LogP contribution in [0.1, 0.15) is 43.0 Å². The molecular formula is C28H22BrN3O4. The van der Waals surface area contributed by atoms with Crippen molar-refractivity contribution in [1.29, 1.82) is 0 Å². The number of hydrogen-bond acceptors (Lipinski definition) is 5. The molecule has 36 heavy (non-hydrogen) atoms. The van der Waals surface area contributed by atoms with Gasteiger partial charge in [0.05, 0.1) is 16.2 Å². The SMILES string of the molecule is Cc1cccc(N2C(=O)c3cccc4c(Nc5ccc(Br)c(C)c5C)c([N+](=O)[O-])cc(c34)C2=O)c1C. The zero-order valence-electron chi connectivity index (χ0n) is 20.1. The summed E-state index contributed by atoms with van der Waals surface area (Å²) < 4.78 is 0.930. The van der Waals surface area contributed by atoms with Crippen LogP contribution in [0.3, 0.4) is 0 Å². The van der Waals surface area contributed by atoms with E-state index in [2.05, 4.69) is 21.2 Å². The zero-order chi connectivity index (χ0) is 25.9. The average Bonchev–Trinajstić information content (AvgIpc) is 2.85. The number of aryl methyl sites for hydroxylation is 1. The van der Waals surface area contributed by atoms with Crippen LogP contribution in [0.25, 0.3) is 10.8 Å². The second-order valence-corrected chi connectivity index (χ2v) is 9.79. The van der Waals surface area contributed by atoms with Gasteiger partial charge in [-0.15, -0.1) is 0 Å². The third-order valence-corrected chi connectivity index (χ3v) is 7.86. The van der Waals surface area contributed by atoms with Gasteiger partial charge in [-0.05, 0) is 74.2 Å². The van der Waals surface area contributed by atoms with E-state index in [4.69, 9.17) is 0 Å². The summed E-state index contributed by atoms with van der Waals surface area (Å²) in [6.07, 6.45) is 0. The largest absolute Gasteiger partial charge is 0.349 e. The van der Waals surface area contributed by atoms with Crippen molar-refractivity contribution in [3.63, 3.8) is 0 Å². The lowest BCUT2D eigenvalue weighted by molar-refractivity contribution is -0.383. The summed E-state index contributed by atoms with van der Waals surface area (Å²) in [4.78, 5) is 40.2. The molecule has 1 aliphatic rings. The van der Waals surface area contributed by atoms with Gasteiger partial charge in [0.15, 0.2) is 0 Å². The number of nitrogens with one attached hydrogen (secondary N) is 1. The highest BCUT2D eigenvalue weighted by Crippen LogP contribution is 2.43. The Morgan fingerprint density at radius 1 is 0.861 bits per heavy atom. The van der Waals surface area contributed by atoms with Crippen molar-refractivity contribution in [3.05, 3.63) is 103 Å². The third-order valence-electron chi connectivity index (χ3n) is 7.00. The maximum Gasteiger partial charge on any atom is 0.294 e. The van der Waals surface area contributed by atoms with Crippen molar-refractivity contribution in [3.8, 4) is 0 Å². The van der Waals surface area contributed by atoms with Crippen LogP contribution in [0.15, 0.2) is 59.1 Å². The molecule has 0 saturated carbocycles. The van der Waals surface area contributed by atoms with E-state index in [-0.39, 0.29) is 16.9 Å². The van der Waals surface area contributed by atoms with Crippen LogP contribution < -0.4 is 10.2 Å². The predicted octanol–water partition coefficient (Wildman–Crippen LogP) is 7.29. The fourth-order valence-corrected chi connectivity index (χ4v) is 5.11. The number of carbonyl (C=O) groups is 2. The molecule has 4 aromatic carbocycles. The number of hydrogen-bond donors (Lipinski definition) is 1. The Bertz CT molecular complexity index is 1640. The number of amides is 2. The number of benzene rings is 4. The van der Waals surface area contributed by atoms with Crippen LogP contribution in [0, 0.1) is 37.8 Å². The molecule has 0 bridgehead atoms. The maximum atomic E-state index is 13.7. The molecule has 1 aliphatic heterocycles. The van der Waals surface area contributed by atoms with Crippen LogP contribution in [-0.2, 0) is 0 Å². The predicted molar refractivity (Wildman–Crippen MR) is 145 cm³/mol. The molecule has 180 valence electrons. The number of imide groups is 1. The minimum Gasteiger partial charge on any atom is -0.349 e. The Morgan fingerprint density at radius 3 is 2.28 bits per heavy atom. The Labute approximate surface area is 216 Å². The molecule has 8 heteroatoms. The summed E-state index contributed by atoms with van der Waals surface area (Å²) in [5.41, 5.74) is 5.28. The minimum atomic E-state index is -0.581. The number of anilines is 3. The molecule has 0 saturated heterocycles. The summed E-state index contributed by atoms with van der Waals surface area (Å²) in [5, 5.41) is 16.3. The molecule has 7 nitrogen and oxygen atoms in total. The molecular weight excluding hydrogens is 522 g/mol. The van der Waals surface area contributed by atoms with E-state index in [1.807, 2.05) is 45.9 Å². The number of nitrogens with zero attached hydrogens (tertiary/aromatic N) is 2. The molecule has 1 N–H and O–H groups in total. The molecule has 0 aromatic heterocycles. The molecule has 2 amide bonds. The summed E-state index contributed by atoms with van der Waals surface area (Å²) >= 11 is 3.51. The minimum absolute atomic E-state index is 0.127. The molecule has 0 spiro atoms.